The Labute approximate surface area is 167 Å². The lowest BCUT2D eigenvalue weighted by Crippen LogP contribution is -2.29. The number of anilines is 2. The molecule has 8 heteroatoms. The maximum atomic E-state index is 12.3. The number of methoxy groups -OCH3 is 2. The normalized spacial score (nSPS) is 10.0. The van der Waals surface area contributed by atoms with Crippen LogP contribution in [0.5, 0.6) is 23.0 Å². The van der Waals surface area contributed by atoms with Crippen molar-refractivity contribution in [1.29, 1.82) is 0 Å². The Balaban J connectivity index is 1.67. The molecule has 0 aliphatic carbocycles. The number of rotatable bonds is 6. The van der Waals surface area contributed by atoms with Gasteiger partial charge in [-0.3, -0.25) is 14.6 Å². The number of nitrogens with zero attached hydrogens (tertiary/aromatic N) is 1. The van der Waals surface area contributed by atoms with Gasteiger partial charge in [0.2, 0.25) is 0 Å². The molecule has 0 bridgehead atoms. The van der Waals surface area contributed by atoms with E-state index in [9.17, 15) is 9.59 Å². The van der Waals surface area contributed by atoms with Crippen molar-refractivity contribution in [3.05, 3.63) is 67.0 Å². The highest BCUT2D eigenvalue weighted by atomic mass is 16.5. The zero-order chi connectivity index (χ0) is 20.6. The smallest absolute Gasteiger partial charge is 0.314 e. The molecule has 2 N–H and O–H groups in total. The number of pyridine rings is 1. The predicted octanol–water partition coefficient (Wildman–Crippen LogP) is 3.47. The van der Waals surface area contributed by atoms with Gasteiger partial charge in [-0.1, -0.05) is 6.07 Å². The van der Waals surface area contributed by atoms with Gasteiger partial charge in [0.25, 0.3) is 0 Å². The third-order valence-electron chi connectivity index (χ3n) is 3.84. The van der Waals surface area contributed by atoms with Crippen LogP contribution in [0.2, 0.25) is 0 Å². The van der Waals surface area contributed by atoms with Crippen LogP contribution in [0.4, 0.5) is 11.4 Å². The van der Waals surface area contributed by atoms with E-state index in [2.05, 4.69) is 15.6 Å². The maximum Gasteiger partial charge on any atom is 0.314 e. The van der Waals surface area contributed by atoms with Gasteiger partial charge in [0.15, 0.2) is 0 Å². The Morgan fingerprint density at radius 2 is 1.55 bits per heavy atom. The molecule has 2 amide bonds. The average Bonchev–Trinajstić information content (AvgIpc) is 2.74. The third kappa shape index (κ3) is 5.23. The second-order valence-corrected chi connectivity index (χ2v) is 5.79. The summed E-state index contributed by atoms with van der Waals surface area (Å²) >= 11 is 0. The van der Waals surface area contributed by atoms with Gasteiger partial charge in [-0.05, 0) is 36.4 Å². The van der Waals surface area contributed by atoms with E-state index >= 15 is 0 Å². The van der Waals surface area contributed by atoms with Crippen molar-refractivity contribution >= 4 is 23.2 Å². The lowest BCUT2D eigenvalue weighted by Gasteiger charge is -2.12. The van der Waals surface area contributed by atoms with Crippen molar-refractivity contribution in [2.24, 2.45) is 0 Å². The fourth-order valence-electron chi connectivity index (χ4n) is 2.46. The average molecular weight is 393 g/mol. The lowest BCUT2D eigenvalue weighted by molar-refractivity contribution is -0.133. The summed E-state index contributed by atoms with van der Waals surface area (Å²) in [5, 5.41) is 5.06. The summed E-state index contributed by atoms with van der Waals surface area (Å²) in [5.41, 5.74) is 0.732. The van der Waals surface area contributed by atoms with Crippen molar-refractivity contribution in [2.75, 3.05) is 24.9 Å². The highest BCUT2D eigenvalue weighted by Crippen LogP contribution is 2.29. The number of carbonyl (C=O) groups excluding carboxylic acids is 2. The number of benzene rings is 2. The molecule has 0 spiro atoms. The Hall–Kier alpha value is -4.07. The number of amides is 2. The van der Waals surface area contributed by atoms with Gasteiger partial charge >= 0.3 is 11.8 Å². The van der Waals surface area contributed by atoms with E-state index in [4.69, 9.17) is 14.2 Å². The van der Waals surface area contributed by atoms with E-state index < -0.39 is 11.8 Å². The minimum Gasteiger partial charge on any atom is -0.497 e. The SMILES string of the molecule is COc1ccc(OC)c(NC(=O)C(=O)Nc2cccc(Oc3ccncc3)c2)c1. The summed E-state index contributed by atoms with van der Waals surface area (Å²) in [6.07, 6.45) is 3.22. The van der Waals surface area contributed by atoms with E-state index in [0.29, 0.717) is 34.4 Å². The summed E-state index contributed by atoms with van der Waals surface area (Å²) in [7, 11) is 2.97. The molecule has 0 saturated carbocycles. The Morgan fingerprint density at radius 3 is 2.28 bits per heavy atom. The van der Waals surface area contributed by atoms with Crippen molar-refractivity contribution in [2.45, 2.75) is 0 Å². The largest absolute Gasteiger partial charge is 0.497 e. The lowest BCUT2D eigenvalue weighted by atomic mass is 10.2. The first kappa shape index (κ1) is 19.7. The van der Waals surface area contributed by atoms with Gasteiger partial charge in [0.05, 0.1) is 19.9 Å². The first-order valence-electron chi connectivity index (χ1n) is 8.61. The molecule has 0 aliphatic rings. The summed E-state index contributed by atoms with van der Waals surface area (Å²) < 4.78 is 16.0. The molecule has 148 valence electrons. The van der Waals surface area contributed by atoms with Gasteiger partial charge in [0, 0.05) is 30.2 Å². The molecule has 0 fully saturated rings. The number of hydrogen-bond acceptors (Lipinski definition) is 6. The van der Waals surface area contributed by atoms with E-state index in [0.717, 1.165) is 0 Å². The summed E-state index contributed by atoms with van der Waals surface area (Å²) in [5.74, 6) is 0.338. The van der Waals surface area contributed by atoms with E-state index in [1.165, 1.54) is 14.2 Å². The first-order valence-corrected chi connectivity index (χ1v) is 8.61. The van der Waals surface area contributed by atoms with Gasteiger partial charge in [0.1, 0.15) is 23.0 Å². The van der Waals surface area contributed by atoms with Crippen molar-refractivity contribution < 1.29 is 23.8 Å². The minimum absolute atomic E-state index is 0.321. The molecule has 8 nitrogen and oxygen atoms in total. The summed E-state index contributed by atoms with van der Waals surface area (Å²) in [4.78, 5) is 28.5. The van der Waals surface area contributed by atoms with E-state index in [1.54, 1.807) is 67.0 Å². The van der Waals surface area contributed by atoms with Crippen LogP contribution in [0.25, 0.3) is 0 Å². The number of aromatic nitrogens is 1. The van der Waals surface area contributed by atoms with Crippen LogP contribution >= 0.6 is 0 Å². The van der Waals surface area contributed by atoms with Gasteiger partial charge < -0.3 is 24.8 Å². The Kier molecular flexibility index (Phi) is 6.26. The molecule has 0 aliphatic heterocycles. The zero-order valence-electron chi connectivity index (χ0n) is 15.8. The Morgan fingerprint density at radius 1 is 0.793 bits per heavy atom. The first-order chi connectivity index (χ1) is 14.1. The quantitative estimate of drug-likeness (QED) is 0.622. The fraction of sp³-hybridized carbons (Fsp3) is 0.0952. The zero-order valence-corrected chi connectivity index (χ0v) is 15.8. The molecular formula is C21H19N3O5. The highest BCUT2D eigenvalue weighted by molar-refractivity contribution is 6.43. The fourth-order valence-corrected chi connectivity index (χ4v) is 2.46. The topological polar surface area (TPSA) is 98.8 Å². The van der Waals surface area contributed by atoms with Gasteiger partial charge in [-0.15, -0.1) is 0 Å². The Bertz CT molecular complexity index is 1010. The van der Waals surface area contributed by atoms with Crippen LogP contribution in [-0.4, -0.2) is 31.0 Å². The van der Waals surface area contributed by atoms with Crippen LogP contribution in [0.1, 0.15) is 0 Å². The van der Waals surface area contributed by atoms with Crippen LogP contribution in [-0.2, 0) is 9.59 Å². The molecule has 3 rings (SSSR count). The monoisotopic (exact) mass is 393 g/mol. The van der Waals surface area contributed by atoms with Gasteiger partial charge in [-0.2, -0.15) is 0 Å². The number of nitrogens with one attached hydrogen (secondary N) is 2. The second-order valence-electron chi connectivity index (χ2n) is 5.79. The van der Waals surface area contributed by atoms with Crippen molar-refractivity contribution in [1.82, 2.24) is 4.98 Å². The number of ether oxygens (including phenoxy) is 3. The second kappa shape index (κ2) is 9.23. The standard InChI is InChI=1S/C21H19N3O5/c1-27-16-6-7-19(28-2)18(13-16)24-21(26)20(25)23-14-4-3-5-17(12-14)29-15-8-10-22-11-9-15/h3-13H,1-2H3,(H,23,25)(H,24,26). The molecule has 0 saturated heterocycles. The highest BCUT2D eigenvalue weighted by Gasteiger charge is 2.17. The molecule has 1 aromatic heterocycles. The summed E-state index contributed by atoms with van der Waals surface area (Å²) in [6, 6.07) is 15.0. The maximum absolute atomic E-state index is 12.3. The summed E-state index contributed by atoms with van der Waals surface area (Å²) in [6.45, 7) is 0. The minimum atomic E-state index is -0.850. The molecule has 2 aromatic carbocycles. The number of hydrogen-bond donors (Lipinski definition) is 2. The molecule has 1 heterocycles. The third-order valence-corrected chi connectivity index (χ3v) is 3.84. The van der Waals surface area contributed by atoms with E-state index in [-0.39, 0.29) is 0 Å². The van der Waals surface area contributed by atoms with Crippen LogP contribution in [0.15, 0.2) is 67.0 Å². The van der Waals surface area contributed by atoms with Gasteiger partial charge in [-0.25, -0.2) is 0 Å². The van der Waals surface area contributed by atoms with E-state index in [1.807, 2.05) is 0 Å². The van der Waals surface area contributed by atoms with Crippen LogP contribution < -0.4 is 24.8 Å². The predicted molar refractivity (Wildman–Crippen MR) is 108 cm³/mol. The molecule has 0 atom stereocenters. The molecule has 0 unspecified atom stereocenters. The van der Waals surface area contributed by atoms with Crippen molar-refractivity contribution in [3.8, 4) is 23.0 Å². The van der Waals surface area contributed by atoms with Crippen LogP contribution in [0, 0.1) is 0 Å². The molecule has 3 aromatic rings. The molecular weight excluding hydrogens is 374 g/mol. The van der Waals surface area contributed by atoms with Crippen LogP contribution in [0.3, 0.4) is 0 Å². The number of carbonyl (C=O) groups is 2. The molecule has 0 radical (unpaired) electrons. The molecule has 29 heavy (non-hydrogen) atoms. The van der Waals surface area contributed by atoms with Crippen molar-refractivity contribution in [3.63, 3.8) is 0 Å².